The Labute approximate surface area is 53.6 Å². The predicted molar refractivity (Wildman–Crippen MR) is 30.9 cm³/mol. The van der Waals surface area contributed by atoms with Gasteiger partial charge in [-0.3, -0.25) is 0 Å². The third-order valence-corrected chi connectivity index (χ3v) is 0.500. The van der Waals surface area contributed by atoms with Gasteiger partial charge in [-0.2, -0.15) is 0 Å². The summed E-state index contributed by atoms with van der Waals surface area (Å²) >= 11 is 0. The standard InChI is InChI=1S/C7H7/c1-7-5-3-2-4-6-7/h2-6H,1H2/q+1/i1D2,2D,3D,4D,5D,6D. The fraction of sp³-hybridized carbons (Fsp3) is 0. The SMILES string of the molecule is [2H]c1c([2H])c([2H])c([C+]([2H])[2H])c([2H])c1[2H]. The Hall–Kier alpha value is -0.910. The molecule has 0 aliphatic carbocycles. The van der Waals surface area contributed by atoms with Gasteiger partial charge in [0.25, 0.3) is 0 Å². The fourth-order valence-corrected chi connectivity index (χ4v) is 0.250. The Morgan fingerprint density at radius 1 is 1.43 bits per heavy atom. The van der Waals surface area contributed by atoms with Crippen molar-refractivity contribution >= 4 is 0 Å². The van der Waals surface area contributed by atoms with E-state index < -0.39 is 37.1 Å². The topological polar surface area (TPSA) is 0 Å². The van der Waals surface area contributed by atoms with Gasteiger partial charge in [0.1, 0.15) is 8.30 Å². The Bertz CT molecular complexity index is 342. The van der Waals surface area contributed by atoms with Crippen LogP contribution in [0.25, 0.3) is 0 Å². The summed E-state index contributed by atoms with van der Waals surface area (Å²) in [7, 11) is 0. The van der Waals surface area contributed by atoms with E-state index in [4.69, 9.17) is 9.60 Å². The van der Waals surface area contributed by atoms with E-state index in [2.05, 4.69) is 0 Å². The molecule has 0 aliphatic heterocycles. The van der Waals surface area contributed by atoms with E-state index in [1.807, 2.05) is 0 Å². The number of hydrogen-bond acceptors (Lipinski definition) is 0. The molecule has 0 unspecified atom stereocenters. The van der Waals surface area contributed by atoms with Crippen LogP contribution in [0.15, 0.2) is 30.2 Å². The van der Waals surface area contributed by atoms with Crippen LogP contribution >= 0.6 is 0 Å². The van der Waals surface area contributed by atoms with E-state index >= 15 is 0 Å². The maximum atomic E-state index is 7.33. The summed E-state index contributed by atoms with van der Waals surface area (Å²) in [4.78, 5) is 0. The van der Waals surface area contributed by atoms with Crippen molar-refractivity contribution in [2.24, 2.45) is 0 Å². The molecule has 0 radical (unpaired) electrons. The van der Waals surface area contributed by atoms with Crippen LogP contribution in [0.3, 0.4) is 0 Å². The van der Waals surface area contributed by atoms with E-state index in [1.54, 1.807) is 0 Å². The van der Waals surface area contributed by atoms with Crippen molar-refractivity contribution in [1.82, 2.24) is 0 Å². The first-order valence-electron chi connectivity index (χ1n) is 5.25. The van der Waals surface area contributed by atoms with Gasteiger partial charge in [-0.25, -0.2) is 0 Å². The maximum absolute atomic E-state index is 7.33. The zero-order chi connectivity index (χ0) is 11.0. The van der Waals surface area contributed by atoms with Crippen molar-refractivity contribution in [2.75, 3.05) is 0 Å². The van der Waals surface area contributed by atoms with Gasteiger partial charge in [-0.05, 0) is 18.1 Å². The highest BCUT2D eigenvalue weighted by molar-refractivity contribution is 5.16. The second-order valence-corrected chi connectivity index (χ2v) is 1.00. The maximum Gasteiger partial charge on any atom is 0.153 e. The highest BCUT2D eigenvalue weighted by Crippen LogP contribution is 1.92. The molecule has 0 bridgehead atoms. The molecule has 34 valence electrons. The van der Waals surface area contributed by atoms with Gasteiger partial charge in [0.05, 0.1) is 4.11 Å². The minimum absolute atomic E-state index is 0.365. The van der Waals surface area contributed by atoms with Crippen molar-refractivity contribution < 1.29 is 9.60 Å². The molecule has 0 aromatic heterocycles. The van der Waals surface area contributed by atoms with Gasteiger partial charge < -0.3 is 0 Å². The third-order valence-electron chi connectivity index (χ3n) is 0.500. The molecule has 0 fully saturated rings. The van der Waals surface area contributed by atoms with Crippen LogP contribution in [0, 0.1) is 6.88 Å². The van der Waals surface area contributed by atoms with E-state index in [1.165, 1.54) is 0 Å². The zero-order valence-electron chi connectivity index (χ0n) is 10.5. The molecule has 7 heavy (non-hydrogen) atoms. The van der Waals surface area contributed by atoms with E-state index in [9.17, 15) is 0 Å². The molecular weight excluding hydrogens is 84.1 g/mol. The summed E-state index contributed by atoms with van der Waals surface area (Å²) in [5.41, 5.74) is -0.365. The lowest BCUT2D eigenvalue weighted by molar-refractivity contribution is 1.62. The monoisotopic (exact) mass is 98.1 g/mol. The molecule has 1 aromatic rings. The predicted octanol–water partition coefficient (Wildman–Crippen LogP) is 1.87. The summed E-state index contributed by atoms with van der Waals surface area (Å²) in [5.74, 6) is 0. The number of hydrogen-bond donors (Lipinski definition) is 0. The highest BCUT2D eigenvalue weighted by atomic mass is 13.8. The Balaban J connectivity index is 3.60. The normalized spacial score (nSPS) is 22.0. The lowest BCUT2D eigenvalue weighted by Crippen LogP contribution is -1.62. The first-order chi connectivity index (χ1) is 6.37. The molecule has 0 saturated carbocycles. The smallest absolute Gasteiger partial charge is 0.0356 e. The molecule has 1 rings (SSSR count). The Morgan fingerprint density at radius 2 is 2.14 bits per heavy atom. The first-order valence-corrected chi connectivity index (χ1v) is 1.75. The molecule has 0 N–H and O–H groups in total. The molecule has 0 heterocycles. The van der Waals surface area contributed by atoms with Gasteiger partial charge in [-0.1, -0.05) is 0 Å². The average Bonchev–Trinajstić information content (AvgIpc) is 2.11. The second-order valence-electron chi connectivity index (χ2n) is 1.00. The molecular formula is C7H7+. The van der Waals surface area contributed by atoms with Crippen molar-refractivity contribution in [3.8, 4) is 0 Å². The van der Waals surface area contributed by atoms with Crippen LogP contribution in [-0.2, 0) is 0 Å². The van der Waals surface area contributed by atoms with Crippen molar-refractivity contribution in [2.45, 2.75) is 0 Å². The first kappa shape index (κ1) is 0.921. The Morgan fingerprint density at radius 3 is 2.71 bits per heavy atom. The van der Waals surface area contributed by atoms with Crippen molar-refractivity contribution in [3.63, 3.8) is 0 Å². The van der Waals surface area contributed by atoms with E-state index in [-0.39, 0.29) is 5.56 Å². The molecule has 1 aromatic carbocycles. The van der Waals surface area contributed by atoms with Crippen LogP contribution in [0.2, 0.25) is 0 Å². The fourth-order valence-electron chi connectivity index (χ4n) is 0.250. The number of rotatable bonds is 1. The lowest BCUT2D eigenvalue weighted by Gasteiger charge is -1.72. The van der Waals surface area contributed by atoms with Gasteiger partial charge in [0.2, 0.25) is 0 Å². The van der Waals surface area contributed by atoms with Crippen LogP contribution in [0.1, 0.15) is 15.2 Å². The van der Waals surface area contributed by atoms with Gasteiger partial charge in [-0.15, -0.1) is 0 Å². The summed E-state index contributed by atoms with van der Waals surface area (Å²) in [6.45, 7) is -0.776. The molecule has 0 aliphatic rings. The van der Waals surface area contributed by atoms with Crippen LogP contribution in [0.5, 0.6) is 0 Å². The Kier molecular flexibility index (Phi) is 0.223. The third kappa shape index (κ3) is 0.967. The van der Waals surface area contributed by atoms with Crippen LogP contribution < -0.4 is 0 Å². The molecule has 0 amide bonds. The van der Waals surface area contributed by atoms with E-state index in [0.29, 0.717) is 0 Å². The van der Waals surface area contributed by atoms with Gasteiger partial charge in [0, 0.05) is 19.0 Å². The second kappa shape index (κ2) is 1.69. The van der Waals surface area contributed by atoms with Crippen molar-refractivity contribution in [1.29, 1.82) is 0 Å². The van der Waals surface area contributed by atoms with Crippen LogP contribution in [0.4, 0.5) is 0 Å². The lowest BCUT2D eigenvalue weighted by atomic mass is 10.2. The minimum Gasteiger partial charge on any atom is -0.0356 e. The van der Waals surface area contributed by atoms with Crippen LogP contribution in [-0.4, -0.2) is 0 Å². The summed E-state index contributed by atoms with van der Waals surface area (Å²) in [5, 5.41) is 0. The molecule has 0 saturated heterocycles. The van der Waals surface area contributed by atoms with E-state index in [0.717, 1.165) is 0 Å². The molecule has 0 heteroatoms. The molecule has 0 nitrogen and oxygen atoms in total. The summed E-state index contributed by atoms with van der Waals surface area (Å²) < 4.78 is 50.4. The number of benzene rings is 1. The average molecular weight is 98.2 g/mol. The molecule has 0 atom stereocenters. The largest absolute Gasteiger partial charge is 0.153 e. The van der Waals surface area contributed by atoms with Gasteiger partial charge in [0.15, 0.2) is 2.74 Å². The summed E-state index contributed by atoms with van der Waals surface area (Å²) in [6, 6.07) is -2.55. The molecule has 0 spiro atoms. The summed E-state index contributed by atoms with van der Waals surface area (Å²) in [6.07, 6.45) is 0. The van der Waals surface area contributed by atoms with Crippen molar-refractivity contribution in [3.05, 3.63) is 42.7 Å². The quantitative estimate of drug-likeness (QED) is 0.470. The van der Waals surface area contributed by atoms with Gasteiger partial charge >= 0.3 is 0 Å². The zero-order valence-corrected chi connectivity index (χ0v) is 3.50. The minimum atomic E-state index is -0.776. The highest BCUT2D eigenvalue weighted by Gasteiger charge is 1.82.